The topological polar surface area (TPSA) is 70.4 Å². The second kappa shape index (κ2) is 7.75. The van der Waals surface area contributed by atoms with Gasteiger partial charge in [0.1, 0.15) is 16.9 Å². The third kappa shape index (κ3) is 3.86. The van der Waals surface area contributed by atoms with E-state index < -0.39 is 0 Å². The molecule has 1 unspecified atom stereocenters. The van der Waals surface area contributed by atoms with Crippen LogP contribution in [0.15, 0.2) is 35.7 Å². The zero-order valence-corrected chi connectivity index (χ0v) is 18.3. The number of hydrogen-bond donors (Lipinski definition) is 2. The predicted molar refractivity (Wildman–Crippen MR) is 121 cm³/mol. The second-order valence-electron chi connectivity index (χ2n) is 8.54. The van der Waals surface area contributed by atoms with E-state index in [1.54, 1.807) is 29.8 Å². The minimum absolute atomic E-state index is 0.251. The summed E-state index contributed by atoms with van der Waals surface area (Å²) >= 11 is 1.80. The van der Waals surface area contributed by atoms with Gasteiger partial charge in [-0.1, -0.05) is 27.2 Å². The molecule has 1 aliphatic rings. The highest BCUT2D eigenvalue weighted by Crippen LogP contribution is 2.45. The van der Waals surface area contributed by atoms with Crippen molar-refractivity contribution in [2.24, 2.45) is 16.4 Å². The van der Waals surface area contributed by atoms with Crippen LogP contribution in [0.2, 0.25) is 0 Å². The summed E-state index contributed by atoms with van der Waals surface area (Å²) in [7, 11) is 0. The molecule has 0 fully saturated rings. The predicted octanol–water partition coefficient (Wildman–Crippen LogP) is 5.77. The molecule has 0 bridgehead atoms. The third-order valence-electron chi connectivity index (χ3n) is 6.47. The highest BCUT2D eigenvalue weighted by molar-refractivity contribution is 7.19. The van der Waals surface area contributed by atoms with Crippen LogP contribution in [-0.2, 0) is 12.8 Å². The van der Waals surface area contributed by atoms with Gasteiger partial charge in [0.15, 0.2) is 5.82 Å². The van der Waals surface area contributed by atoms with E-state index in [-0.39, 0.29) is 5.75 Å². The number of hydrazone groups is 1. The molecule has 5 nitrogen and oxygen atoms in total. The first-order valence-electron chi connectivity index (χ1n) is 10.2. The van der Waals surface area contributed by atoms with Crippen LogP contribution in [0.25, 0.3) is 10.2 Å². The molecule has 0 spiro atoms. The number of nitrogens with one attached hydrogen (secondary N) is 1. The summed E-state index contributed by atoms with van der Waals surface area (Å²) in [6, 6.07) is 7.05. The number of hydrogen-bond acceptors (Lipinski definition) is 6. The number of anilines is 1. The number of benzene rings is 1. The fourth-order valence-electron chi connectivity index (χ4n) is 4.05. The lowest BCUT2D eigenvalue weighted by Gasteiger charge is -2.36. The van der Waals surface area contributed by atoms with Gasteiger partial charge in [0.2, 0.25) is 0 Å². The number of phenolic OH excluding ortho intramolecular Hbond substituents is 1. The Morgan fingerprint density at radius 1 is 1.28 bits per heavy atom. The van der Waals surface area contributed by atoms with Crippen LogP contribution in [0.5, 0.6) is 5.75 Å². The molecule has 2 aromatic heterocycles. The Kier molecular flexibility index (Phi) is 5.30. The van der Waals surface area contributed by atoms with Gasteiger partial charge in [0, 0.05) is 4.88 Å². The summed E-state index contributed by atoms with van der Waals surface area (Å²) in [5.41, 5.74) is 6.72. The molecule has 0 aliphatic heterocycles. The van der Waals surface area contributed by atoms with Gasteiger partial charge >= 0.3 is 0 Å². The van der Waals surface area contributed by atoms with Crippen LogP contribution in [0.4, 0.5) is 5.82 Å². The van der Waals surface area contributed by atoms with Gasteiger partial charge < -0.3 is 5.11 Å². The third-order valence-corrected chi connectivity index (χ3v) is 7.67. The van der Waals surface area contributed by atoms with Crippen molar-refractivity contribution >= 4 is 33.1 Å². The molecule has 0 saturated heterocycles. The van der Waals surface area contributed by atoms with Crippen LogP contribution in [0.1, 0.15) is 56.5 Å². The average molecular weight is 409 g/mol. The molecule has 1 aliphatic carbocycles. The van der Waals surface area contributed by atoms with Gasteiger partial charge in [-0.2, -0.15) is 5.10 Å². The molecule has 29 heavy (non-hydrogen) atoms. The van der Waals surface area contributed by atoms with Crippen molar-refractivity contribution in [3.8, 4) is 5.75 Å². The first-order chi connectivity index (χ1) is 13.9. The lowest BCUT2D eigenvalue weighted by Crippen LogP contribution is -2.28. The number of thiophene rings is 1. The zero-order chi connectivity index (χ0) is 20.6. The standard InChI is InChI=1S/C23H28N4OS/c1-5-23(3,4)16-8-11-19-18(12-16)20-21(24-13-25-22(20)29-19)27-26-14(2)15-6-9-17(28)10-7-15/h6-7,9-10,13,16,28H,5,8,11-12H2,1-4H3,(H,24,25,27)/b26-14-. The van der Waals surface area contributed by atoms with E-state index in [1.807, 2.05) is 19.1 Å². The molecule has 6 heteroatoms. The smallest absolute Gasteiger partial charge is 0.158 e. The largest absolute Gasteiger partial charge is 0.508 e. The number of phenols is 1. The molecule has 1 atom stereocenters. The van der Waals surface area contributed by atoms with Gasteiger partial charge in [-0.05, 0) is 72.9 Å². The molecule has 3 aromatic rings. The molecule has 0 saturated carbocycles. The minimum atomic E-state index is 0.251. The molecule has 1 aromatic carbocycles. The van der Waals surface area contributed by atoms with Gasteiger partial charge in [-0.3, -0.25) is 5.43 Å². The van der Waals surface area contributed by atoms with Crippen molar-refractivity contribution in [2.75, 3.05) is 5.43 Å². The first kappa shape index (κ1) is 19.8. The summed E-state index contributed by atoms with van der Waals surface area (Å²) in [4.78, 5) is 11.5. The molecule has 4 rings (SSSR count). The van der Waals surface area contributed by atoms with Crippen LogP contribution >= 0.6 is 11.3 Å². The normalized spacial score (nSPS) is 17.4. The van der Waals surface area contributed by atoms with E-state index in [4.69, 9.17) is 0 Å². The van der Waals surface area contributed by atoms with E-state index in [1.165, 1.54) is 23.3 Å². The van der Waals surface area contributed by atoms with Gasteiger partial charge in [-0.15, -0.1) is 11.3 Å². The number of aromatic hydroxyl groups is 1. The maximum Gasteiger partial charge on any atom is 0.158 e. The van der Waals surface area contributed by atoms with E-state index in [2.05, 4.69) is 41.3 Å². The maximum absolute atomic E-state index is 9.48. The lowest BCUT2D eigenvalue weighted by molar-refractivity contribution is 0.184. The molecule has 2 heterocycles. The van der Waals surface area contributed by atoms with Gasteiger partial charge in [0.25, 0.3) is 0 Å². The Morgan fingerprint density at radius 3 is 2.76 bits per heavy atom. The van der Waals surface area contributed by atoms with E-state index in [0.717, 1.165) is 40.2 Å². The summed E-state index contributed by atoms with van der Waals surface area (Å²) in [6.07, 6.45) is 6.26. The van der Waals surface area contributed by atoms with Gasteiger partial charge in [0.05, 0.1) is 11.1 Å². The van der Waals surface area contributed by atoms with Crippen molar-refractivity contribution in [1.82, 2.24) is 9.97 Å². The van der Waals surface area contributed by atoms with Crippen LogP contribution < -0.4 is 5.43 Å². The summed E-state index contributed by atoms with van der Waals surface area (Å²) in [5, 5.41) is 15.2. The maximum atomic E-state index is 9.48. The second-order valence-corrected chi connectivity index (χ2v) is 9.63. The Labute approximate surface area is 175 Å². The number of fused-ring (bicyclic) bond motifs is 3. The molecular formula is C23H28N4OS. The Morgan fingerprint density at radius 2 is 2.03 bits per heavy atom. The number of rotatable bonds is 5. The Balaban J connectivity index is 1.67. The first-order valence-corrected chi connectivity index (χ1v) is 11.1. The molecule has 0 radical (unpaired) electrons. The average Bonchev–Trinajstić information content (AvgIpc) is 3.11. The summed E-state index contributed by atoms with van der Waals surface area (Å²) in [6.45, 7) is 9.01. The lowest BCUT2D eigenvalue weighted by atomic mass is 9.69. The molecule has 2 N–H and O–H groups in total. The fourth-order valence-corrected chi connectivity index (χ4v) is 5.24. The highest BCUT2D eigenvalue weighted by atomic mass is 32.1. The summed E-state index contributed by atoms with van der Waals surface area (Å²) < 4.78 is 0. The molecule has 152 valence electrons. The Bertz CT molecular complexity index is 1050. The zero-order valence-electron chi connectivity index (χ0n) is 17.5. The quantitative estimate of drug-likeness (QED) is 0.415. The van der Waals surface area contributed by atoms with Crippen LogP contribution in [0.3, 0.4) is 0 Å². The number of aromatic nitrogens is 2. The molecule has 0 amide bonds. The Hall–Kier alpha value is -2.47. The fraction of sp³-hybridized carbons (Fsp3) is 0.435. The van der Waals surface area contributed by atoms with Crippen LogP contribution in [-0.4, -0.2) is 20.8 Å². The van der Waals surface area contributed by atoms with Crippen LogP contribution in [0, 0.1) is 11.3 Å². The highest BCUT2D eigenvalue weighted by Gasteiger charge is 2.33. The van der Waals surface area contributed by atoms with E-state index >= 15 is 0 Å². The van der Waals surface area contributed by atoms with Crippen molar-refractivity contribution in [1.29, 1.82) is 0 Å². The monoisotopic (exact) mass is 408 g/mol. The van der Waals surface area contributed by atoms with Crippen molar-refractivity contribution in [3.63, 3.8) is 0 Å². The number of nitrogens with zero attached hydrogens (tertiary/aromatic N) is 3. The summed E-state index contributed by atoms with van der Waals surface area (Å²) in [5.74, 6) is 1.70. The number of aryl methyl sites for hydroxylation is 1. The molecular weight excluding hydrogens is 380 g/mol. The van der Waals surface area contributed by atoms with E-state index in [9.17, 15) is 5.11 Å². The van der Waals surface area contributed by atoms with Gasteiger partial charge in [-0.25, -0.2) is 9.97 Å². The van der Waals surface area contributed by atoms with Crippen molar-refractivity contribution in [2.45, 2.75) is 53.4 Å². The van der Waals surface area contributed by atoms with E-state index in [0.29, 0.717) is 11.3 Å². The van der Waals surface area contributed by atoms with Crippen molar-refractivity contribution < 1.29 is 5.11 Å². The minimum Gasteiger partial charge on any atom is -0.508 e. The SMILES string of the molecule is CCC(C)(C)C1CCc2sc3ncnc(N/N=C(/C)c4ccc(O)cc4)c3c2C1. The van der Waals surface area contributed by atoms with Crippen molar-refractivity contribution in [3.05, 3.63) is 46.6 Å².